The molecule has 9 N–H and O–H groups in total. The van der Waals surface area contributed by atoms with Crippen molar-refractivity contribution in [3.05, 3.63) is 151 Å². The number of nitrogens with zero attached hydrogens (tertiary/aromatic N) is 2. The number of amides is 2. The molecule has 2 saturated heterocycles. The van der Waals surface area contributed by atoms with Gasteiger partial charge in [-0.15, -0.1) is 0 Å². The van der Waals surface area contributed by atoms with Crippen LogP contribution >= 0.6 is 46.4 Å². The molecule has 2 aliphatic heterocycles. The van der Waals surface area contributed by atoms with E-state index in [4.69, 9.17) is 72.8 Å². The van der Waals surface area contributed by atoms with Gasteiger partial charge in [0.05, 0.1) is 55.9 Å². The van der Waals surface area contributed by atoms with Gasteiger partial charge in [0.1, 0.15) is 5.75 Å². The zero-order valence-electron chi connectivity index (χ0n) is 42.9. The summed E-state index contributed by atoms with van der Waals surface area (Å²) in [6, 6.07) is 31.2. The molecule has 5 aliphatic rings. The van der Waals surface area contributed by atoms with Crippen molar-refractivity contribution in [3.8, 4) is 5.75 Å². The number of nitrogens with two attached hydrogens (primary N) is 2. The van der Waals surface area contributed by atoms with Crippen LogP contribution in [0.25, 0.3) is 0 Å². The highest BCUT2D eigenvalue weighted by Gasteiger charge is 2.31. The van der Waals surface area contributed by atoms with E-state index in [1.807, 2.05) is 18.2 Å². The number of nitrogens with one attached hydrogen (secondary N) is 3. The lowest BCUT2D eigenvalue weighted by molar-refractivity contribution is -0.117. The van der Waals surface area contributed by atoms with Gasteiger partial charge in [-0.1, -0.05) is 95.5 Å². The number of carboxylic acids is 2. The van der Waals surface area contributed by atoms with Gasteiger partial charge in [0, 0.05) is 75.3 Å². The number of nitrogen functional groups attached to an aromatic ring is 1. The van der Waals surface area contributed by atoms with Crippen LogP contribution < -0.4 is 32.2 Å². The Morgan fingerprint density at radius 2 is 1.14 bits per heavy atom. The van der Waals surface area contributed by atoms with E-state index >= 15 is 0 Å². The van der Waals surface area contributed by atoms with Crippen LogP contribution in [-0.4, -0.2) is 100 Å². The number of ether oxygens (including phenoxy) is 1. The molecule has 406 valence electrons. The number of rotatable bonds is 14. The standard InChI is InChI=1S/C23H26ClN3O3.C11H12ClNO2.C11H16N2.C8H8ClNO2.C4H5ClO/c1-30-21-12-20(26-22(28)16-7-8-16)19(24)11-18(21)23(29)25-17-9-10-27(14-17)13-15-5-3-2-4-6-15;1-6-4-10(13-7-2-3-7)9(12)5-8(6)11(14)15;12-11-6-7-13(9-11)8-10-4-2-1-3-5-10;1-4-2-7(10)6(9)3-5(4)8(11)12;5-4(6)3-1-2-3/h2-6,11-12,16-17H,7-10,13-14H2,1H3,(H,25,29)(H,26,28);4-5,7,13H,2-3H2,1H3,(H,14,15);1-5,11H,6-9,12H2;2-3H,10H2,1H3,(H,11,12);3H,1-2H2/t;;11-;;/m..0../s1. The number of anilines is 3. The first-order valence-corrected chi connectivity index (χ1v) is 26.8. The van der Waals surface area contributed by atoms with E-state index in [2.05, 4.69) is 68.2 Å². The van der Waals surface area contributed by atoms with Crippen LogP contribution in [0, 0.1) is 25.7 Å². The number of aryl methyl sites for hydroxylation is 2. The molecule has 0 radical (unpaired) electrons. The average molecular weight is 1120 g/mol. The maximum Gasteiger partial charge on any atom is 0.336 e. The number of methoxy groups -OCH3 is 1. The molecule has 3 saturated carbocycles. The van der Waals surface area contributed by atoms with E-state index in [-0.39, 0.29) is 51.1 Å². The Morgan fingerprint density at radius 3 is 1.63 bits per heavy atom. The molecule has 5 fully saturated rings. The Morgan fingerprint density at radius 1 is 0.632 bits per heavy atom. The summed E-state index contributed by atoms with van der Waals surface area (Å²) in [5.41, 5.74) is 17.8. The number of likely N-dealkylation sites (tertiary alicyclic amines) is 2. The maximum atomic E-state index is 12.9. The minimum atomic E-state index is -0.991. The summed E-state index contributed by atoms with van der Waals surface area (Å²) in [6.07, 6.45) is 8.21. The number of aromatic carboxylic acids is 2. The molecule has 0 aromatic heterocycles. The van der Waals surface area contributed by atoms with E-state index in [0.29, 0.717) is 50.4 Å². The van der Waals surface area contributed by atoms with Crippen molar-refractivity contribution in [1.29, 1.82) is 0 Å². The van der Waals surface area contributed by atoms with Gasteiger partial charge in [-0.2, -0.15) is 0 Å². The lowest BCUT2D eigenvalue weighted by Gasteiger charge is -2.18. The molecule has 2 heterocycles. The fourth-order valence-corrected chi connectivity index (χ4v) is 9.15. The molecule has 0 spiro atoms. The second-order valence-corrected chi connectivity index (χ2v) is 21.3. The number of carbonyl (C=O) groups excluding carboxylic acids is 3. The fraction of sp³-hybridized carbons (Fsp3) is 0.386. The van der Waals surface area contributed by atoms with Gasteiger partial charge in [0.15, 0.2) is 0 Å². The van der Waals surface area contributed by atoms with E-state index < -0.39 is 11.9 Å². The first-order valence-electron chi connectivity index (χ1n) is 25.3. The third-order valence-corrected chi connectivity index (χ3v) is 14.4. The molecular weight excluding hydrogens is 1050 g/mol. The smallest absolute Gasteiger partial charge is 0.336 e. The summed E-state index contributed by atoms with van der Waals surface area (Å²) in [5.74, 6) is -1.51. The van der Waals surface area contributed by atoms with Crippen molar-refractivity contribution in [2.24, 2.45) is 17.6 Å². The van der Waals surface area contributed by atoms with Crippen LogP contribution in [0.3, 0.4) is 0 Å². The van der Waals surface area contributed by atoms with Crippen LogP contribution in [-0.2, 0) is 22.7 Å². The molecule has 15 nitrogen and oxygen atoms in total. The van der Waals surface area contributed by atoms with Gasteiger partial charge < -0.3 is 42.4 Å². The average Bonchev–Trinajstić information content (AvgIpc) is 4.29. The number of carbonyl (C=O) groups is 5. The molecule has 2 atom stereocenters. The SMILES string of the molecule is COc1cc(NC(=O)C2CC2)c(Cl)cc1C(=O)NC1CCN(Cc2ccccc2)C1.Cc1cc(N)c(Cl)cc1C(=O)O.Cc1cc(NC2CC2)c(Cl)cc1C(=O)O.N[C@H]1CCN(Cc2ccccc2)C1.O=C(Cl)C1CC1. The van der Waals surface area contributed by atoms with Crippen LogP contribution in [0.4, 0.5) is 17.1 Å². The van der Waals surface area contributed by atoms with Crippen LogP contribution in [0.5, 0.6) is 5.75 Å². The lowest BCUT2D eigenvalue weighted by Crippen LogP contribution is -2.37. The molecule has 76 heavy (non-hydrogen) atoms. The zero-order valence-corrected chi connectivity index (χ0v) is 46.0. The van der Waals surface area contributed by atoms with Crippen molar-refractivity contribution >= 4 is 92.5 Å². The van der Waals surface area contributed by atoms with E-state index in [1.54, 1.807) is 38.1 Å². The first kappa shape index (κ1) is 59.3. The van der Waals surface area contributed by atoms with Gasteiger partial charge >= 0.3 is 11.9 Å². The minimum Gasteiger partial charge on any atom is -0.496 e. The molecule has 1 unspecified atom stereocenters. The summed E-state index contributed by atoms with van der Waals surface area (Å²) in [6.45, 7) is 9.31. The summed E-state index contributed by atoms with van der Waals surface area (Å²) in [5, 5.41) is 27.7. The number of halogens is 4. The molecule has 0 bridgehead atoms. The molecule has 3 aliphatic carbocycles. The summed E-state index contributed by atoms with van der Waals surface area (Å²) >= 11 is 23.0. The van der Waals surface area contributed by atoms with Crippen molar-refractivity contribution in [3.63, 3.8) is 0 Å². The number of carboxylic acid groups (broad SMARTS) is 2. The number of hydrogen-bond donors (Lipinski definition) is 7. The fourth-order valence-electron chi connectivity index (χ4n) is 8.34. The Balaban J connectivity index is 0.000000171. The van der Waals surface area contributed by atoms with E-state index in [1.165, 1.54) is 30.4 Å². The van der Waals surface area contributed by atoms with Gasteiger partial charge in [0.2, 0.25) is 11.1 Å². The molecule has 19 heteroatoms. The van der Waals surface area contributed by atoms with Crippen molar-refractivity contribution in [2.45, 2.75) is 96.4 Å². The Hall–Kier alpha value is -5.91. The highest BCUT2D eigenvalue weighted by Crippen LogP contribution is 2.36. The third kappa shape index (κ3) is 19.0. The van der Waals surface area contributed by atoms with Crippen LogP contribution in [0.2, 0.25) is 15.1 Å². The molecule has 5 aromatic carbocycles. The number of hydrogen-bond acceptors (Lipinski definition) is 11. The van der Waals surface area contributed by atoms with Crippen molar-refractivity contribution < 1.29 is 38.9 Å². The van der Waals surface area contributed by atoms with Gasteiger partial charge in [-0.25, -0.2) is 9.59 Å². The summed E-state index contributed by atoms with van der Waals surface area (Å²) < 4.78 is 5.40. The first-order chi connectivity index (χ1) is 36.3. The largest absolute Gasteiger partial charge is 0.496 e. The summed E-state index contributed by atoms with van der Waals surface area (Å²) in [4.78, 5) is 61.1. The maximum absolute atomic E-state index is 12.9. The second-order valence-electron chi connectivity index (χ2n) is 19.7. The predicted molar refractivity (Wildman–Crippen MR) is 302 cm³/mol. The predicted octanol–water partition coefficient (Wildman–Crippen LogP) is 10.9. The van der Waals surface area contributed by atoms with Gasteiger partial charge in [0.25, 0.3) is 5.91 Å². The van der Waals surface area contributed by atoms with Crippen LogP contribution in [0.1, 0.15) is 105 Å². The normalized spacial score (nSPS) is 17.6. The van der Waals surface area contributed by atoms with Crippen molar-refractivity contribution in [2.75, 3.05) is 49.7 Å². The molecule has 10 rings (SSSR count). The quantitative estimate of drug-likeness (QED) is 0.0406. The van der Waals surface area contributed by atoms with E-state index in [0.717, 1.165) is 102 Å². The Kier molecular flexibility index (Phi) is 22.2. The highest BCUT2D eigenvalue weighted by atomic mass is 35.5. The lowest BCUT2D eigenvalue weighted by atomic mass is 10.1. The van der Waals surface area contributed by atoms with Gasteiger partial charge in [-0.05, 0) is 129 Å². The zero-order chi connectivity index (χ0) is 55.1. The molecule has 5 aromatic rings. The second kappa shape index (κ2) is 28.5. The summed E-state index contributed by atoms with van der Waals surface area (Å²) in [7, 11) is 1.50. The third-order valence-electron chi connectivity index (χ3n) is 13.1. The van der Waals surface area contributed by atoms with Crippen LogP contribution in [0.15, 0.2) is 97.1 Å². The Labute approximate surface area is 464 Å². The highest BCUT2D eigenvalue weighted by molar-refractivity contribution is 6.64. The molecule has 2 amide bonds. The molecular formula is C57H67Cl4N7O8. The Bertz CT molecular complexity index is 2810. The van der Waals surface area contributed by atoms with E-state index in [9.17, 15) is 24.0 Å². The monoisotopic (exact) mass is 1120 g/mol. The van der Waals surface area contributed by atoms with Crippen molar-refractivity contribution in [1.82, 2.24) is 15.1 Å². The minimum absolute atomic E-state index is 0.0411. The topological polar surface area (TPSA) is 230 Å². The number of benzene rings is 5. The van der Waals surface area contributed by atoms with Gasteiger partial charge in [-0.3, -0.25) is 24.2 Å².